The van der Waals surface area contributed by atoms with E-state index in [0.717, 1.165) is 48.4 Å². The fourth-order valence-corrected chi connectivity index (χ4v) is 3.85. The van der Waals surface area contributed by atoms with E-state index in [0.29, 0.717) is 11.8 Å². The Morgan fingerprint density at radius 1 is 1.00 bits per heavy atom. The molecule has 5 rings (SSSR count). The Morgan fingerprint density at radius 2 is 1.83 bits per heavy atom. The minimum Gasteiger partial charge on any atom is -0.368 e. The summed E-state index contributed by atoms with van der Waals surface area (Å²) in [6.45, 7) is 9.30. The lowest BCUT2D eigenvalue weighted by Crippen LogP contribution is -2.50. The van der Waals surface area contributed by atoms with Gasteiger partial charge in [0.1, 0.15) is 11.6 Å². The van der Waals surface area contributed by atoms with Crippen molar-refractivity contribution < 1.29 is 0 Å². The molecule has 152 valence electrons. The summed E-state index contributed by atoms with van der Waals surface area (Å²) in [5, 5.41) is 25.5. The molecule has 0 unspecified atom stereocenters. The predicted octanol–water partition coefficient (Wildman–Crippen LogP) is 3.03. The molecule has 0 atom stereocenters. The summed E-state index contributed by atoms with van der Waals surface area (Å²) in [5.74, 6) is 3.95. The average molecular weight is 393 g/mol. The molecule has 0 bridgehead atoms. The van der Waals surface area contributed by atoms with Crippen molar-refractivity contribution in [3.05, 3.63) is 35.8 Å². The van der Waals surface area contributed by atoms with Crippen LogP contribution in [0, 0.1) is 5.92 Å². The second-order valence-electron chi connectivity index (χ2n) is 9.35. The van der Waals surface area contributed by atoms with Gasteiger partial charge in [0.2, 0.25) is 0 Å². The van der Waals surface area contributed by atoms with Gasteiger partial charge in [-0.25, -0.2) is 0 Å². The van der Waals surface area contributed by atoms with Gasteiger partial charge in [0.25, 0.3) is 0 Å². The van der Waals surface area contributed by atoms with Crippen LogP contribution in [0.2, 0.25) is 0 Å². The highest BCUT2D eigenvalue weighted by atomic mass is 15.4. The van der Waals surface area contributed by atoms with E-state index in [4.69, 9.17) is 5.10 Å². The van der Waals surface area contributed by atoms with Crippen molar-refractivity contribution in [3.8, 4) is 0 Å². The topological polar surface area (TPSA) is 84.1 Å². The molecular formula is C21H28N8. The number of rotatable bonds is 5. The van der Waals surface area contributed by atoms with Gasteiger partial charge in [0, 0.05) is 36.9 Å². The predicted molar refractivity (Wildman–Crippen MR) is 112 cm³/mol. The molecule has 8 nitrogen and oxygen atoms in total. The van der Waals surface area contributed by atoms with Gasteiger partial charge < -0.3 is 10.2 Å². The highest BCUT2D eigenvalue weighted by Crippen LogP contribution is 2.35. The van der Waals surface area contributed by atoms with Gasteiger partial charge in [-0.15, -0.1) is 20.4 Å². The van der Waals surface area contributed by atoms with Crippen LogP contribution >= 0.6 is 0 Å². The fourth-order valence-electron chi connectivity index (χ4n) is 3.85. The Morgan fingerprint density at radius 3 is 2.48 bits per heavy atom. The van der Waals surface area contributed by atoms with Crippen molar-refractivity contribution in [1.82, 2.24) is 30.0 Å². The van der Waals surface area contributed by atoms with Crippen LogP contribution in [-0.2, 0) is 5.41 Å². The highest BCUT2D eigenvalue weighted by Gasteiger charge is 2.29. The number of hydrogen-bond donors (Lipinski definition) is 1. The molecule has 0 amide bonds. The summed E-state index contributed by atoms with van der Waals surface area (Å²) in [6, 6.07) is 8.15. The molecular weight excluding hydrogens is 364 g/mol. The Hall–Kier alpha value is -2.77. The van der Waals surface area contributed by atoms with Crippen LogP contribution in [0.25, 0.3) is 5.65 Å². The molecule has 2 fully saturated rings. The van der Waals surface area contributed by atoms with Gasteiger partial charge >= 0.3 is 0 Å². The Bertz CT molecular complexity index is 994. The van der Waals surface area contributed by atoms with Crippen molar-refractivity contribution in [3.63, 3.8) is 0 Å². The van der Waals surface area contributed by atoms with Crippen LogP contribution in [0.4, 0.5) is 11.6 Å². The lowest BCUT2D eigenvalue weighted by molar-refractivity contribution is 0.393. The van der Waals surface area contributed by atoms with Gasteiger partial charge in [-0.1, -0.05) is 27.2 Å². The number of aromatic nitrogens is 6. The van der Waals surface area contributed by atoms with Crippen LogP contribution in [0.3, 0.4) is 0 Å². The summed E-state index contributed by atoms with van der Waals surface area (Å²) in [7, 11) is 0. The SMILES string of the molecule is CC(C)(C)c1ccc(NCC2CN(c3ccc4nnc(C5CCC5)n4n3)C2)nn1. The third-order valence-electron chi connectivity index (χ3n) is 6.03. The van der Waals surface area contributed by atoms with Crippen molar-refractivity contribution in [2.75, 3.05) is 29.9 Å². The molecule has 1 aliphatic heterocycles. The van der Waals surface area contributed by atoms with E-state index in [1.807, 2.05) is 16.6 Å². The van der Waals surface area contributed by atoms with Crippen LogP contribution in [-0.4, -0.2) is 49.6 Å². The second-order valence-corrected chi connectivity index (χ2v) is 9.35. The van der Waals surface area contributed by atoms with Gasteiger partial charge in [-0.3, -0.25) is 0 Å². The van der Waals surface area contributed by atoms with E-state index in [1.54, 1.807) is 0 Å². The molecule has 0 aromatic carbocycles. The molecule has 1 saturated heterocycles. The van der Waals surface area contributed by atoms with Crippen LogP contribution in [0.1, 0.15) is 57.5 Å². The molecule has 0 spiro atoms. The van der Waals surface area contributed by atoms with Crippen LogP contribution in [0.15, 0.2) is 24.3 Å². The van der Waals surface area contributed by atoms with Gasteiger partial charge in [0.15, 0.2) is 11.5 Å². The zero-order valence-electron chi connectivity index (χ0n) is 17.3. The Kier molecular flexibility index (Phi) is 4.37. The molecule has 1 aliphatic carbocycles. The van der Waals surface area contributed by atoms with E-state index in [2.05, 4.69) is 63.5 Å². The largest absolute Gasteiger partial charge is 0.368 e. The number of hydrogen-bond acceptors (Lipinski definition) is 7. The monoisotopic (exact) mass is 392 g/mol. The first-order chi connectivity index (χ1) is 14.0. The molecule has 0 radical (unpaired) electrons. The van der Waals surface area contributed by atoms with Gasteiger partial charge in [0.05, 0.1) is 5.69 Å². The normalized spacial score (nSPS) is 18.0. The standard InChI is InChI=1S/C21H28N8/c1-21(2,3)16-7-8-17(24-23-16)22-11-14-12-28(13-14)19-10-9-18-25-26-20(29(18)27-19)15-5-4-6-15/h7-10,14-15H,4-6,11-13H2,1-3H3,(H,22,24). The summed E-state index contributed by atoms with van der Waals surface area (Å²) < 4.78 is 1.94. The maximum absolute atomic E-state index is 4.82. The lowest BCUT2D eigenvalue weighted by atomic mass is 9.85. The van der Waals surface area contributed by atoms with Crippen molar-refractivity contribution in [2.45, 2.75) is 51.4 Å². The molecule has 2 aliphatic rings. The highest BCUT2D eigenvalue weighted by molar-refractivity contribution is 5.48. The van der Waals surface area contributed by atoms with Gasteiger partial charge in [-0.2, -0.15) is 9.61 Å². The van der Waals surface area contributed by atoms with Crippen molar-refractivity contribution in [2.24, 2.45) is 5.92 Å². The maximum Gasteiger partial charge on any atom is 0.178 e. The molecule has 1 N–H and O–H groups in total. The first kappa shape index (κ1) is 18.3. The first-order valence-electron chi connectivity index (χ1n) is 10.5. The fraction of sp³-hybridized carbons (Fsp3) is 0.571. The molecule has 1 saturated carbocycles. The van der Waals surface area contributed by atoms with Crippen LogP contribution in [0.5, 0.6) is 0 Å². The van der Waals surface area contributed by atoms with E-state index >= 15 is 0 Å². The molecule has 8 heteroatoms. The molecule has 4 heterocycles. The number of nitrogens with one attached hydrogen (secondary N) is 1. The van der Waals surface area contributed by atoms with E-state index in [9.17, 15) is 0 Å². The zero-order valence-corrected chi connectivity index (χ0v) is 17.3. The van der Waals surface area contributed by atoms with Gasteiger partial charge in [-0.05, 0) is 37.1 Å². The number of nitrogens with zero attached hydrogens (tertiary/aromatic N) is 7. The summed E-state index contributed by atoms with van der Waals surface area (Å²) in [5.41, 5.74) is 1.87. The third-order valence-corrected chi connectivity index (χ3v) is 6.03. The molecule has 3 aromatic heterocycles. The van der Waals surface area contributed by atoms with Crippen LogP contribution < -0.4 is 10.2 Å². The summed E-state index contributed by atoms with van der Waals surface area (Å²) in [6.07, 6.45) is 3.68. The maximum atomic E-state index is 4.82. The first-order valence-corrected chi connectivity index (χ1v) is 10.5. The minimum absolute atomic E-state index is 0.0252. The smallest absolute Gasteiger partial charge is 0.178 e. The number of anilines is 2. The minimum atomic E-state index is 0.0252. The Labute approximate surface area is 170 Å². The second kappa shape index (κ2) is 6.93. The summed E-state index contributed by atoms with van der Waals surface area (Å²) >= 11 is 0. The van der Waals surface area contributed by atoms with Crippen molar-refractivity contribution >= 4 is 17.3 Å². The quantitative estimate of drug-likeness (QED) is 0.714. The Balaban J connectivity index is 1.18. The van der Waals surface area contributed by atoms with E-state index < -0.39 is 0 Å². The van der Waals surface area contributed by atoms with Crippen molar-refractivity contribution in [1.29, 1.82) is 0 Å². The zero-order chi connectivity index (χ0) is 20.0. The van der Waals surface area contributed by atoms with E-state index in [-0.39, 0.29) is 5.41 Å². The number of fused-ring (bicyclic) bond motifs is 1. The average Bonchev–Trinajstić information content (AvgIpc) is 3.02. The van der Waals surface area contributed by atoms with E-state index in [1.165, 1.54) is 19.3 Å². The summed E-state index contributed by atoms with van der Waals surface area (Å²) in [4.78, 5) is 2.31. The third kappa shape index (κ3) is 3.52. The molecule has 3 aromatic rings. The lowest BCUT2D eigenvalue weighted by Gasteiger charge is -2.40. The molecule has 29 heavy (non-hydrogen) atoms.